The third kappa shape index (κ3) is 4.82. The summed E-state index contributed by atoms with van der Waals surface area (Å²) >= 11 is 0. The van der Waals surface area contributed by atoms with Crippen LogP contribution in [0.1, 0.15) is 23.8 Å². The van der Waals surface area contributed by atoms with Crippen LogP contribution in [-0.4, -0.2) is 35.3 Å². The zero-order chi connectivity index (χ0) is 15.1. The van der Waals surface area contributed by atoms with Crippen LogP contribution in [-0.2, 0) is 0 Å². The van der Waals surface area contributed by atoms with Crippen molar-refractivity contribution in [3.05, 3.63) is 48.0 Å². The maximum absolute atomic E-state index is 13.6. The summed E-state index contributed by atoms with van der Waals surface area (Å²) in [5, 5.41) is 10.1. The maximum Gasteiger partial charge on any atom is 0.271 e. The van der Waals surface area contributed by atoms with Crippen LogP contribution in [0.3, 0.4) is 0 Å². The second-order valence-electron chi connectivity index (χ2n) is 4.60. The predicted octanol–water partition coefficient (Wildman–Crippen LogP) is 2.16. The minimum Gasteiger partial charge on any atom is -0.349 e. The lowest BCUT2D eigenvalue weighted by molar-refractivity contribution is 0.0948. The Morgan fingerprint density at radius 2 is 2.00 bits per heavy atom. The topological polar surface area (TPSA) is 58.9 Å². The summed E-state index contributed by atoms with van der Waals surface area (Å²) in [7, 11) is 0. The van der Waals surface area contributed by atoms with Crippen LogP contribution in [0.15, 0.2) is 36.5 Å². The van der Waals surface area contributed by atoms with Gasteiger partial charge in [0.05, 0.1) is 0 Å². The van der Waals surface area contributed by atoms with Crippen molar-refractivity contribution in [1.29, 1.82) is 0 Å². The molecule has 120 valence electrons. The molecule has 1 amide bonds. The van der Waals surface area contributed by atoms with Gasteiger partial charge < -0.3 is 10.6 Å². The Balaban J connectivity index is 0.00000242. The quantitative estimate of drug-likeness (QED) is 0.767. The molecular weight excluding hydrogens is 307 g/mol. The van der Waals surface area contributed by atoms with Crippen LogP contribution < -0.4 is 10.6 Å². The molecule has 1 aromatic carbocycles. The number of halogens is 2. The first kappa shape index (κ1) is 18.1. The molecule has 0 fully saturated rings. The van der Waals surface area contributed by atoms with Gasteiger partial charge in [0.25, 0.3) is 5.91 Å². The van der Waals surface area contributed by atoms with Gasteiger partial charge in [-0.1, -0.05) is 19.1 Å². The van der Waals surface area contributed by atoms with E-state index in [1.807, 2.05) is 0 Å². The molecule has 2 N–H and O–H groups in total. The molecule has 5 nitrogen and oxygen atoms in total. The third-order valence-corrected chi connectivity index (χ3v) is 2.94. The molecule has 0 spiro atoms. The summed E-state index contributed by atoms with van der Waals surface area (Å²) in [5.41, 5.74) is 0.593. The molecule has 0 aliphatic heterocycles. The average molecular weight is 327 g/mol. The van der Waals surface area contributed by atoms with Crippen molar-refractivity contribution in [3.63, 3.8) is 0 Å². The Bertz CT molecular complexity index is 603. The van der Waals surface area contributed by atoms with E-state index in [-0.39, 0.29) is 29.8 Å². The maximum atomic E-state index is 13.6. The Labute approximate surface area is 135 Å². The number of rotatable bonds is 7. The Hall–Kier alpha value is -1.92. The van der Waals surface area contributed by atoms with Crippen LogP contribution in [0.2, 0.25) is 0 Å². The first-order valence-electron chi connectivity index (χ1n) is 7.02. The number of hydrogen-bond acceptors (Lipinski definition) is 3. The molecule has 7 heteroatoms. The third-order valence-electron chi connectivity index (χ3n) is 2.94. The molecule has 2 aromatic rings. The van der Waals surface area contributed by atoms with Gasteiger partial charge in [-0.2, -0.15) is 5.10 Å². The lowest BCUT2D eigenvalue weighted by Gasteiger charge is -2.04. The highest BCUT2D eigenvalue weighted by Gasteiger charge is 2.11. The highest BCUT2D eigenvalue weighted by molar-refractivity contribution is 5.92. The number of aromatic nitrogens is 2. The molecule has 0 aliphatic rings. The lowest BCUT2D eigenvalue weighted by atomic mass is 10.3. The number of nitrogens with one attached hydrogen (secondary N) is 2. The minimum atomic E-state index is -0.378. The van der Waals surface area contributed by atoms with Crippen LogP contribution in [0.4, 0.5) is 4.39 Å². The molecule has 22 heavy (non-hydrogen) atoms. The fraction of sp³-hybridized carbons (Fsp3) is 0.333. The molecule has 0 bridgehead atoms. The van der Waals surface area contributed by atoms with E-state index >= 15 is 0 Å². The molecule has 1 aromatic heterocycles. The smallest absolute Gasteiger partial charge is 0.271 e. The van der Waals surface area contributed by atoms with Crippen molar-refractivity contribution in [2.75, 3.05) is 19.6 Å². The summed E-state index contributed by atoms with van der Waals surface area (Å²) in [5.74, 6) is -0.639. The van der Waals surface area contributed by atoms with E-state index in [1.165, 1.54) is 10.7 Å². The van der Waals surface area contributed by atoms with E-state index in [9.17, 15) is 9.18 Å². The summed E-state index contributed by atoms with van der Waals surface area (Å²) in [6.45, 7) is 4.26. The highest BCUT2D eigenvalue weighted by Crippen LogP contribution is 2.11. The second kappa shape index (κ2) is 9.17. The second-order valence-corrected chi connectivity index (χ2v) is 4.60. The molecule has 0 atom stereocenters. The van der Waals surface area contributed by atoms with Gasteiger partial charge in [-0.25, -0.2) is 9.07 Å². The first-order chi connectivity index (χ1) is 10.2. The lowest BCUT2D eigenvalue weighted by Crippen LogP contribution is -2.32. The van der Waals surface area contributed by atoms with Gasteiger partial charge >= 0.3 is 0 Å². The SMILES string of the molecule is CCCNCCNC(=O)c1ccn(-c2ccccc2F)n1.Cl. The molecule has 2 rings (SSSR count). The van der Waals surface area contributed by atoms with E-state index in [0.29, 0.717) is 18.8 Å². The highest BCUT2D eigenvalue weighted by atomic mass is 35.5. The van der Waals surface area contributed by atoms with E-state index < -0.39 is 0 Å². The molecular formula is C15H20ClFN4O. The van der Waals surface area contributed by atoms with Crippen LogP contribution in [0, 0.1) is 5.82 Å². The Morgan fingerprint density at radius 3 is 2.73 bits per heavy atom. The van der Waals surface area contributed by atoms with Crippen LogP contribution in [0.5, 0.6) is 0 Å². The number of nitrogens with zero attached hydrogens (tertiary/aromatic N) is 2. The van der Waals surface area contributed by atoms with Crippen molar-refractivity contribution in [2.24, 2.45) is 0 Å². The van der Waals surface area contributed by atoms with E-state index in [1.54, 1.807) is 30.5 Å². The van der Waals surface area contributed by atoms with Gasteiger partial charge in [-0.15, -0.1) is 12.4 Å². The molecule has 0 unspecified atom stereocenters. The van der Waals surface area contributed by atoms with E-state index in [2.05, 4.69) is 22.7 Å². The summed E-state index contributed by atoms with van der Waals surface area (Å²) in [4.78, 5) is 11.9. The van der Waals surface area contributed by atoms with Crippen molar-refractivity contribution < 1.29 is 9.18 Å². The molecule has 1 heterocycles. The van der Waals surface area contributed by atoms with Gasteiger partial charge in [0.1, 0.15) is 11.5 Å². The molecule has 0 radical (unpaired) electrons. The van der Waals surface area contributed by atoms with Gasteiger partial charge in [0.15, 0.2) is 5.69 Å². The number of hydrogen-bond donors (Lipinski definition) is 2. The normalized spacial score (nSPS) is 10.1. The van der Waals surface area contributed by atoms with Crippen LogP contribution >= 0.6 is 12.4 Å². The van der Waals surface area contributed by atoms with Gasteiger partial charge in [0.2, 0.25) is 0 Å². The number of para-hydroxylation sites is 1. The number of benzene rings is 1. The number of carbonyl (C=O) groups excluding carboxylic acids is 1. The number of carbonyl (C=O) groups is 1. The van der Waals surface area contributed by atoms with Gasteiger partial charge in [0, 0.05) is 19.3 Å². The van der Waals surface area contributed by atoms with Gasteiger partial charge in [-0.05, 0) is 31.2 Å². The summed E-state index contributed by atoms with van der Waals surface area (Å²) < 4.78 is 15.0. The molecule has 0 saturated carbocycles. The minimum absolute atomic E-state index is 0. The van der Waals surface area contributed by atoms with Gasteiger partial charge in [-0.3, -0.25) is 4.79 Å². The van der Waals surface area contributed by atoms with Crippen molar-refractivity contribution in [3.8, 4) is 5.69 Å². The monoisotopic (exact) mass is 326 g/mol. The standard InChI is InChI=1S/C15H19FN4O.ClH/c1-2-8-17-9-10-18-15(21)13-7-11-20(19-13)14-6-4-3-5-12(14)16;/h3-7,11,17H,2,8-10H2,1H3,(H,18,21);1H. The molecule has 0 saturated heterocycles. The Kier molecular flexibility index (Phi) is 7.56. The largest absolute Gasteiger partial charge is 0.349 e. The molecule has 0 aliphatic carbocycles. The zero-order valence-corrected chi connectivity index (χ0v) is 13.2. The first-order valence-corrected chi connectivity index (χ1v) is 7.02. The fourth-order valence-electron chi connectivity index (χ4n) is 1.87. The number of amides is 1. The van der Waals surface area contributed by atoms with Crippen molar-refractivity contribution >= 4 is 18.3 Å². The van der Waals surface area contributed by atoms with Crippen molar-refractivity contribution in [2.45, 2.75) is 13.3 Å². The fourth-order valence-corrected chi connectivity index (χ4v) is 1.87. The Morgan fingerprint density at radius 1 is 1.23 bits per heavy atom. The summed E-state index contributed by atoms with van der Waals surface area (Å²) in [6, 6.07) is 7.87. The van der Waals surface area contributed by atoms with E-state index in [4.69, 9.17) is 0 Å². The van der Waals surface area contributed by atoms with Crippen LogP contribution in [0.25, 0.3) is 5.69 Å². The predicted molar refractivity (Wildman–Crippen MR) is 86.3 cm³/mol. The van der Waals surface area contributed by atoms with Crippen molar-refractivity contribution in [1.82, 2.24) is 20.4 Å². The average Bonchev–Trinajstić information content (AvgIpc) is 2.97. The zero-order valence-electron chi connectivity index (χ0n) is 12.4. The van der Waals surface area contributed by atoms with E-state index in [0.717, 1.165) is 13.0 Å². The summed E-state index contributed by atoms with van der Waals surface area (Å²) in [6.07, 6.45) is 2.63.